The highest BCUT2D eigenvalue weighted by Crippen LogP contribution is 2.45. The van der Waals surface area contributed by atoms with Crippen molar-refractivity contribution in [1.82, 2.24) is 37.2 Å². The number of carbonyl (C=O) groups excluding carboxylic acids is 6. The highest BCUT2D eigenvalue weighted by Gasteiger charge is 2.37. The molecule has 8 bridgehead atoms. The first-order chi connectivity index (χ1) is 47.4. The summed E-state index contributed by atoms with van der Waals surface area (Å²) < 4.78 is 32.4. The van der Waals surface area contributed by atoms with E-state index >= 15 is 0 Å². The van der Waals surface area contributed by atoms with Gasteiger partial charge in [-0.15, -0.1) is 0 Å². The number of halogens is 6. The van der Waals surface area contributed by atoms with E-state index < -0.39 is 95.7 Å². The Morgan fingerprint density at radius 2 is 0.950 bits per heavy atom. The normalized spacial score (nSPS) is 18.8. The number of amides is 6. The van der Waals surface area contributed by atoms with Crippen molar-refractivity contribution in [3.05, 3.63) is 168 Å². The lowest BCUT2D eigenvalue weighted by Crippen LogP contribution is -2.60. The lowest BCUT2D eigenvalue weighted by molar-refractivity contribution is -0.143. The van der Waals surface area contributed by atoms with Gasteiger partial charge in [-0.25, -0.2) is 14.4 Å². The van der Waals surface area contributed by atoms with Crippen LogP contribution in [-0.2, 0) is 86.7 Å². The van der Waals surface area contributed by atoms with Gasteiger partial charge in [-0.3, -0.25) is 24.0 Å². The molecule has 4 heterocycles. The van der Waals surface area contributed by atoms with Gasteiger partial charge in [-0.1, -0.05) is 67.1 Å². The molecule has 6 amide bonds. The lowest BCUT2D eigenvalue weighted by Gasteiger charge is -2.29. The van der Waals surface area contributed by atoms with Crippen molar-refractivity contribution in [3.8, 4) is 34.5 Å². The average molecular weight is 1860 g/mol. The summed E-state index contributed by atoms with van der Waals surface area (Å²) in [5.74, 6) is -5.45. The molecular weight excluding hydrogens is 1780 g/mol. The topological polar surface area (TPSA) is 348 Å². The summed E-state index contributed by atoms with van der Waals surface area (Å²) in [6, 6.07) is 23.6. The van der Waals surface area contributed by atoms with Crippen molar-refractivity contribution in [2.45, 2.75) is 153 Å². The van der Waals surface area contributed by atoms with Crippen molar-refractivity contribution >= 4 is 156 Å². The van der Waals surface area contributed by atoms with Crippen LogP contribution in [0, 0.1) is 7.14 Å². The molecule has 6 aromatic carbocycles. The van der Waals surface area contributed by atoms with E-state index in [2.05, 4.69) is 101 Å². The number of carboxylic acid groups (broad SMARTS) is 2. The van der Waals surface area contributed by atoms with Crippen LogP contribution in [0.15, 0.2) is 127 Å². The fourth-order valence-corrected chi connectivity index (χ4v) is 14.6. The minimum atomic E-state index is -1.40. The zero-order valence-electron chi connectivity index (χ0n) is 55.2. The van der Waals surface area contributed by atoms with Crippen LogP contribution in [0.5, 0.6) is 34.5 Å². The van der Waals surface area contributed by atoms with Gasteiger partial charge in [0, 0.05) is 32.1 Å². The number of carboxylic acids is 2. The first-order valence-electron chi connectivity index (χ1n) is 31.6. The number of unbranched alkanes of at least 4 members (excludes halogenated alkanes) is 2. The number of alkyl carbamates (subject to hydrolysis) is 1. The third-order valence-electron chi connectivity index (χ3n) is 15.5. The lowest BCUT2D eigenvalue weighted by atomic mass is 10.0. The maximum absolute atomic E-state index is 14.1. The van der Waals surface area contributed by atoms with Gasteiger partial charge in [0.1, 0.15) is 41.9 Å². The van der Waals surface area contributed by atoms with E-state index in [1.54, 1.807) is 77.1 Å². The molecule has 0 spiro atoms. The number of benzene rings is 6. The first-order valence-corrected chi connectivity index (χ1v) is 37.0. The van der Waals surface area contributed by atoms with Gasteiger partial charge in [0.2, 0.25) is 29.5 Å². The van der Waals surface area contributed by atoms with Gasteiger partial charge in [-0.2, -0.15) is 0 Å². The molecule has 536 valence electrons. The molecule has 0 aliphatic carbocycles. The summed E-state index contributed by atoms with van der Waals surface area (Å²) in [5.41, 5.74) is 2.92. The number of carbonyl (C=O) groups is 8. The van der Waals surface area contributed by atoms with Gasteiger partial charge < -0.3 is 81.3 Å². The summed E-state index contributed by atoms with van der Waals surface area (Å²) in [5, 5.41) is 61.2. The van der Waals surface area contributed by atoms with Crippen LogP contribution in [0.25, 0.3) is 0 Å². The van der Waals surface area contributed by atoms with Gasteiger partial charge in [-0.05, 0) is 252 Å². The fourth-order valence-electron chi connectivity index (χ4n) is 10.4. The molecule has 11 N–H and O–H groups in total. The number of phenols is 2. The first kappa shape index (κ1) is 80.6. The second kappa shape index (κ2) is 38.0. The Balaban J connectivity index is 0.000000281. The van der Waals surface area contributed by atoms with Crippen molar-refractivity contribution < 1.29 is 82.5 Å². The van der Waals surface area contributed by atoms with E-state index in [9.17, 15) is 58.8 Å². The second-order valence-corrected chi connectivity index (χ2v) is 30.4. The molecule has 8 atom stereocenters. The number of hydrogen-bond acceptors (Lipinski definition) is 16. The van der Waals surface area contributed by atoms with Crippen LogP contribution >= 0.6 is 109 Å². The van der Waals surface area contributed by atoms with Crippen molar-refractivity contribution in [1.29, 1.82) is 0 Å². The molecule has 10 rings (SSSR count). The van der Waals surface area contributed by atoms with Crippen molar-refractivity contribution in [2.24, 2.45) is 0 Å². The molecule has 0 fully saturated rings. The minimum Gasteiger partial charge on any atom is -0.504 e. The zero-order valence-corrected chi connectivity index (χ0v) is 65.8. The van der Waals surface area contributed by atoms with Gasteiger partial charge in [0.05, 0.1) is 50.5 Å². The Morgan fingerprint density at radius 3 is 1.33 bits per heavy atom. The van der Waals surface area contributed by atoms with Crippen molar-refractivity contribution in [3.63, 3.8) is 0 Å². The molecule has 0 saturated heterocycles. The molecule has 0 saturated carbocycles. The van der Waals surface area contributed by atoms with Gasteiger partial charge in [0.15, 0.2) is 34.5 Å². The monoisotopic (exact) mass is 1860 g/mol. The van der Waals surface area contributed by atoms with Crippen LogP contribution in [0.1, 0.15) is 93.7 Å². The molecular formula is C70H77Br4I2N7O17. The predicted octanol–water partition coefficient (Wildman–Crippen LogP) is 11.3. The van der Waals surface area contributed by atoms with E-state index in [-0.39, 0.29) is 80.0 Å². The molecule has 4 aliphatic heterocycles. The summed E-state index contributed by atoms with van der Waals surface area (Å²) >= 11 is 17.8. The number of phenolic OH excluding ortho intramolecular Hbond substituents is 2. The quantitative estimate of drug-likeness (QED) is 0.0281. The summed E-state index contributed by atoms with van der Waals surface area (Å²) in [6.07, 6.45) is -0.573. The van der Waals surface area contributed by atoms with E-state index in [0.717, 1.165) is 30.5 Å². The predicted molar refractivity (Wildman–Crippen MR) is 402 cm³/mol. The van der Waals surface area contributed by atoms with Crippen LogP contribution in [0.3, 0.4) is 0 Å². The molecule has 2 unspecified atom stereocenters. The summed E-state index contributed by atoms with van der Waals surface area (Å²) in [7, 11) is 1.86. The number of nitrogens with one attached hydrogen (secondary N) is 7. The number of aromatic hydroxyl groups is 2. The highest BCUT2D eigenvalue weighted by atomic mass is 127. The maximum Gasteiger partial charge on any atom is 0.408 e. The average Bonchev–Trinajstić information content (AvgIpc) is 1.17. The van der Waals surface area contributed by atoms with E-state index in [0.29, 0.717) is 59.5 Å². The largest absolute Gasteiger partial charge is 0.504 e. The summed E-state index contributed by atoms with van der Waals surface area (Å²) in [6.45, 7) is 9.28. The zero-order chi connectivity index (χ0) is 73.1. The molecule has 30 heteroatoms. The number of ether oxygens (including phenoxy) is 5. The SMILES string of the molecule is CC(OCc1ccccc1)[C@@H]1NC(=O)[C@@H](NC(=O)OC(C)(C)C)Cc2cc(I)c(O)c(c2)Oc2c(Br)cc(cc2Br)C[C@@H](C(=O)O)NC1=O.CNCCCCCC(=O)N[C@H]1Cc2cc(I)c(O)c(c2)Oc2c(Br)cc(cc2Br)C[C@@H](C(=O)O)NC(=O)[C@H](C(C)OCc2ccccc2)NC1=O. The number of fused-ring (bicyclic) bond motifs is 20. The molecule has 24 nitrogen and oxygen atoms in total. The van der Waals surface area contributed by atoms with Crippen LogP contribution in [0.2, 0.25) is 0 Å². The standard InChI is InChI=1S/C36H41Br2IN4O8.C34H36Br2IN3O9/c1-20(50-19-21-9-5-3-6-10-21)31-35(47)42-28(36(48)49)17-22-13-24(37)33(25(38)14-22)51-29-18-23(15-26(39)32(29)45)16-27(34(46)43-31)41-30(44)11-7-4-8-12-40-2;1-17(47-16-18-8-6-5-7-9-18)27-31(43)38-25(32(44)45)14-19-10-21(35)29(22(36)11-19)48-26-15-20(12-23(37)28(26)41)13-24(30(42)40-27)39-33(46)49-34(2,3)4/h3,5-6,9-10,13-15,18,20,27-28,31,40,45H,4,7-8,11-12,16-17,19H2,1-2H3,(H,41,44)(H,42,47)(H,43,46)(H,48,49);5-12,15,17,24-25,27,41H,13-14,16H2,1-4H3,(H,38,43)(H,39,46)(H,40,42)(H,44,45)/t20?,27-,28-,31-;17?,24-,25-,27-/m00/s1. The molecule has 4 aliphatic rings. The summed E-state index contributed by atoms with van der Waals surface area (Å²) in [4.78, 5) is 107. The molecule has 0 radical (unpaired) electrons. The number of aliphatic carboxylic acids is 2. The van der Waals surface area contributed by atoms with Crippen molar-refractivity contribution in [2.75, 3.05) is 13.6 Å². The number of rotatable bonds is 18. The van der Waals surface area contributed by atoms with E-state index in [4.69, 9.17) is 23.7 Å². The Bertz CT molecular complexity index is 3890. The highest BCUT2D eigenvalue weighted by molar-refractivity contribution is 14.1. The Morgan fingerprint density at radius 1 is 0.560 bits per heavy atom. The molecule has 6 aromatic rings. The smallest absolute Gasteiger partial charge is 0.408 e. The van der Waals surface area contributed by atoms with Gasteiger partial charge in [0.25, 0.3) is 0 Å². The molecule has 100 heavy (non-hydrogen) atoms. The van der Waals surface area contributed by atoms with Crippen LogP contribution < -0.4 is 46.7 Å². The Labute approximate surface area is 639 Å². The third-order valence-corrected chi connectivity index (χ3v) is 19.5. The third kappa shape index (κ3) is 24.2. The maximum atomic E-state index is 14.1. The second-order valence-electron chi connectivity index (χ2n) is 24.7. The Kier molecular flexibility index (Phi) is 30.7. The molecule has 0 aromatic heterocycles. The van der Waals surface area contributed by atoms with Crippen LogP contribution in [0.4, 0.5) is 4.79 Å². The van der Waals surface area contributed by atoms with Gasteiger partial charge >= 0.3 is 18.0 Å². The number of hydrogen-bond donors (Lipinski definition) is 11. The van der Waals surface area contributed by atoms with Crippen LogP contribution in [-0.4, -0.2) is 136 Å². The fraction of sp³-hybridized carbons (Fsp3) is 0.371. The van der Waals surface area contributed by atoms with E-state index in [1.165, 1.54) is 6.07 Å². The minimum absolute atomic E-state index is 0.0173. The Hall–Kier alpha value is -6.66. The van der Waals surface area contributed by atoms with E-state index in [1.807, 2.05) is 113 Å².